The van der Waals surface area contributed by atoms with Gasteiger partial charge < -0.3 is 10.2 Å². The third kappa shape index (κ3) is 4.03. The number of nitrogens with one attached hydrogen (secondary N) is 1. The van der Waals surface area contributed by atoms with Crippen molar-refractivity contribution in [2.24, 2.45) is 0 Å². The zero-order valence-corrected chi connectivity index (χ0v) is 8.76. The van der Waals surface area contributed by atoms with Gasteiger partial charge in [0, 0.05) is 26.1 Å². The molecular formula is C9H18N2O2. The topological polar surface area (TPSA) is 49.4 Å². The minimum atomic E-state index is -0.398. The molecule has 0 saturated heterocycles. The summed E-state index contributed by atoms with van der Waals surface area (Å²) in [4.78, 5) is 23.7. The minimum absolute atomic E-state index is 0.0738. The second kappa shape index (κ2) is 5.70. The number of Topliss-reactive ketones (excluding diaryl/α,β-unsaturated/α-hetero) is 1. The molecule has 1 amide bonds. The molecule has 0 rings (SSSR count). The molecule has 4 heteroatoms. The maximum absolute atomic E-state index is 11.3. The first-order chi connectivity index (χ1) is 6.00. The fourth-order valence-electron chi connectivity index (χ4n) is 1.03. The van der Waals surface area contributed by atoms with Crippen molar-refractivity contribution in [1.82, 2.24) is 10.2 Å². The molecule has 0 spiro atoms. The van der Waals surface area contributed by atoms with Gasteiger partial charge in [-0.1, -0.05) is 0 Å². The van der Waals surface area contributed by atoms with E-state index in [2.05, 4.69) is 5.32 Å². The largest absolute Gasteiger partial charge is 0.332 e. The number of ketones is 1. The Morgan fingerprint density at radius 2 is 1.92 bits per heavy atom. The van der Waals surface area contributed by atoms with E-state index in [1.807, 2.05) is 20.9 Å². The van der Waals surface area contributed by atoms with Crippen molar-refractivity contribution in [3.05, 3.63) is 0 Å². The molecule has 76 valence electrons. The molecule has 0 aromatic rings. The second-order valence-electron chi connectivity index (χ2n) is 3.25. The average Bonchev–Trinajstić information content (AvgIpc) is 2.04. The van der Waals surface area contributed by atoms with Gasteiger partial charge in [-0.2, -0.15) is 0 Å². The summed E-state index contributed by atoms with van der Waals surface area (Å²) in [5, 5.41) is 2.94. The summed E-state index contributed by atoms with van der Waals surface area (Å²) in [5.74, 6) is -0.796. The highest BCUT2D eigenvalue weighted by Gasteiger charge is 2.19. The highest BCUT2D eigenvalue weighted by molar-refractivity contribution is 6.35. The van der Waals surface area contributed by atoms with Crippen molar-refractivity contribution < 1.29 is 9.59 Å². The number of hydrogen-bond donors (Lipinski definition) is 1. The molecule has 0 fully saturated rings. The van der Waals surface area contributed by atoms with Crippen LogP contribution in [-0.4, -0.2) is 42.8 Å². The maximum atomic E-state index is 11.3. The van der Waals surface area contributed by atoms with Crippen molar-refractivity contribution in [3.63, 3.8) is 0 Å². The highest BCUT2D eigenvalue weighted by atomic mass is 16.2. The van der Waals surface area contributed by atoms with E-state index in [-0.39, 0.29) is 6.04 Å². The van der Waals surface area contributed by atoms with E-state index in [1.165, 1.54) is 6.92 Å². The van der Waals surface area contributed by atoms with E-state index >= 15 is 0 Å². The van der Waals surface area contributed by atoms with Gasteiger partial charge in [0.2, 0.25) is 5.78 Å². The van der Waals surface area contributed by atoms with Gasteiger partial charge >= 0.3 is 0 Å². The zero-order valence-electron chi connectivity index (χ0n) is 8.76. The van der Waals surface area contributed by atoms with Gasteiger partial charge in [-0.25, -0.2) is 0 Å². The maximum Gasteiger partial charge on any atom is 0.289 e. The van der Waals surface area contributed by atoms with Crippen LogP contribution < -0.4 is 5.32 Å². The Morgan fingerprint density at radius 3 is 2.23 bits per heavy atom. The van der Waals surface area contributed by atoms with E-state index in [0.29, 0.717) is 13.1 Å². The van der Waals surface area contributed by atoms with Crippen LogP contribution in [-0.2, 0) is 9.59 Å². The van der Waals surface area contributed by atoms with E-state index in [0.717, 1.165) is 0 Å². The second-order valence-corrected chi connectivity index (χ2v) is 3.25. The van der Waals surface area contributed by atoms with Crippen LogP contribution in [0.4, 0.5) is 0 Å². The Hall–Kier alpha value is -0.900. The van der Waals surface area contributed by atoms with Crippen LogP contribution in [0.15, 0.2) is 0 Å². The predicted molar refractivity (Wildman–Crippen MR) is 51.5 cm³/mol. The normalized spacial score (nSPS) is 10.2. The SMILES string of the molecule is CNCCN(C(=O)C(C)=O)C(C)C. The van der Waals surface area contributed by atoms with Crippen LogP contribution in [0.2, 0.25) is 0 Å². The molecule has 0 aliphatic rings. The standard InChI is InChI=1S/C9H18N2O2/c1-7(2)11(6-5-10-4)9(13)8(3)12/h7,10H,5-6H2,1-4H3. The fourth-order valence-corrected chi connectivity index (χ4v) is 1.03. The third-order valence-corrected chi connectivity index (χ3v) is 1.79. The Morgan fingerprint density at radius 1 is 1.38 bits per heavy atom. The molecule has 0 bridgehead atoms. The van der Waals surface area contributed by atoms with Gasteiger partial charge in [0.05, 0.1) is 0 Å². The fraction of sp³-hybridized carbons (Fsp3) is 0.778. The minimum Gasteiger partial charge on any atom is -0.332 e. The van der Waals surface area contributed by atoms with Crippen LogP contribution in [0.3, 0.4) is 0 Å². The summed E-state index contributed by atoms with van der Waals surface area (Å²) < 4.78 is 0. The van der Waals surface area contributed by atoms with Crippen LogP contribution >= 0.6 is 0 Å². The van der Waals surface area contributed by atoms with Crippen molar-refractivity contribution >= 4 is 11.7 Å². The number of amides is 1. The summed E-state index contributed by atoms with van der Waals surface area (Å²) in [6.07, 6.45) is 0. The molecule has 0 unspecified atom stereocenters. The molecule has 0 saturated carbocycles. The van der Waals surface area contributed by atoms with Crippen LogP contribution in [0.5, 0.6) is 0 Å². The monoisotopic (exact) mass is 186 g/mol. The number of hydrogen-bond acceptors (Lipinski definition) is 3. The number of likely N-dealkylation sites (N-methyl/N-ethyl adjacent to an activating group) is 1. The first-order valence-electron chi connectivity index (χ1n) is 4.46. The Balaban J connectivity index is 4.24. The predicted octanol–water partition coefficient (Wildman–Crippen LogP) is 0.0318. The van der Waals surface area contributed by atoms with Gasteiger partial charge in [0.25, 0.3) is 5.91 Å². The average molecular weight is 186 g/mol. The van der Waals surface area contributed by atoms with Gasteiger partial charge in [-0.05, 0) is 20.9 Å². The quantitative estimate of drug-likeness (QED) is 0.616. The van der Waals surface area contributed by atoms with Gasteiger partial charge in [-0.15, -0.1) is 0 Å². The molecule has 0 heterocycles. The summed E-state index contributed by atoms with van der Waals surface area (Å²) >= 11 is 0. The number of carbonyl (C=O) groups is 2. The van der Waals surface area contributed by atoms with Crippen LogP contribution in [0.25, 0.3) is 0 Å². The van der Waals surface area contributed by atoms with Crippen LogP contribution in [0.1, 0.15) is 20.8 Å². The number of nitrogens with zero attached hydrogens (tertiary/aromatic N) is 1. The molecule has 4 nitrogen and oxygen atoms in total. The lowest BCUT2D eigenvalue weighted by molar-refractivity contribution is -0.144. The third-order valence-electron chi connectivity index (χ3n) is 1.79. The molecule has 0 aromatic carbocycles. The smallest absolute Gasteiger partial charge is 0.289 e. The van der Waals surface area contributed by atoms with Gasteiger partial charge in [0.1, 0.15) is 0 Å². The lowest BCUT2D eigenvalue weighted by atomic mass is 10.2. The summed E-state index contributed by atoms with van der Waals surface area (Å²) in [6.45, 7) is 6.38. The molecule has 13 heavy (non-hydrogen) atoms. The Kier molecular flexibility index (Phi) is 5.30. The molecule has 0 aliphatic carbocycles. The van der Waals surface area contributed by atoms with E-state index in [4.69, 9.17) is 0 Å². The molecule has 0 atom stereocenters. The lowest BCUT2D eigenvalue weighted by Crippen LogP contribution is -2.43. The van der Waals surface area contributed by atoms with E-state index in [1.54, 1.807) is 4.90 Å². The molecule has 0 radical (unpaired) electrons. The molecule has 0 aromatic heterocycles. The van der Waals surface area contributed by atoms with Crippen molar-refractivity contribution in [3.8, 4) is 0 Å². The highest BCUT2D eigenvalue weighted by Crippen LogP contribution is 1.98. The Labute approximate surface area is 79.3 Å². The summed E-state index contributed by atoms with van der Waals surface area (Å²) in [7, 11) is 1.82. The number of rotatable bonds is 5. The molecule has 1 N–H and O–H groups in total. The summed E-state index contributed by atoms with van der Waals surface area (Å²) in [6, 6.07) is 0.0738. The molecular weight excluding hydrogens is 168 g/mol. The number of carbonyl (C=O) groups excluding carboxylic acids is 2. The van der Waals surface area contributed by atoms with E-state index < -0.39 is 11.7 Å². The first-order valence-corrected chi connectivity index (χ1v) is 4.46. The van der Waals surface area contributed by atoms with Gasteiger partial charge in [0.15, 0.2) is 0 Å². The Bertz CT molecular complexity index is 190. The van der Waals surface area contributed by atoms with Crippen molar-refractivity contribution in [2.75, 3.05) is 20.1 Å². The zero-order chi connectivity index (χ0) is 10.4. The lowest BCUT2D eigenvalue weighted by Gasteiger charge is -2.25. The van der Waals surface area contributed by atoms with Crippen molar-refractivity contribution in [1.29, 1.82) is 0 Å². The van der Waals surface area contributed by atoms with Gasteiger partial charge in [-0.3, -0.25) is 9.59 Å². The van der Waals surface area contributed by atoms with E-state index in [9.17, 15) is 9.59 Å². The first kappa shape index (κ1) is 12.1. The summed E-state index contributed by atoms with van der Waals surface area (Å²) in [5.41, 5.74) is 0. The van der Waals surface area contributed by atoms with Crippen LogP contribution in [0, 0.1) is 0 Å². The van der Waals surface area contributed by atoms with Crippen molar-refractivity contribution in [2.45, 2.75) is 26.8 Å². The molecule has 0 aliphatic heterocycles.